The monoisotopic (exact) mass is 655 g/mol. The second kappa shape index (κ2) is 10.3. The first-order chi connectivity index (χ1) is 21.8. The number of pyridine rings is 1. The molecular weight excluding hydrogens is 627 g/mol. The number of fused-ring (bicyclic) bond motifs is 2. The molecule has 2 aliphatic carbocycles. The largest absolute Gasteiger partial charge is 0.494 e. The van der Waals surface area contributed by atoms with Crippen molar-refractivity contribution in [2.24, 2.45) is 11.7 Å². The second-order valence-corrected chi connectivity index (χ2v) is 12.9. The van der Waals surface area contributed by atoms with Crippen molar-refractivity contribution in [3.05, 3.63) is 70.0 Å². The second-order valence-electron chi connectivity index (χ2n) is 12.5. The summed E-state index contributed by atoms with van der Waals surface area (Å²) in [7, 11) is 1.42. The number of alkyl halides is 1. The average Bonchev–Trinajstić information content (AvgIpc) is 3.95. The van der Waals surface area contributed by atoms with Gasteiger partial charge in [-0.1, -0.05) is 11.6 Å². The van der Waals surface area contributed by atoms with Gasteiger partial charge >= 0.3 is 0 Å². The van der Waals surface area contributed by atoms with Crippen LogP contribution >= 0.6 is 11.6 Å². The highest BCUT2D eigenvalue weighted by atomic mass is 35.5. The topological polar surface area (TPSA) is 142 Å². The maximum Gasteiger partial charge on any atom is 0.251 e. The Morgan fingerprint density at radius 3 is 2.61 bits per heavy atom. The van der Waals surface area contributed by atoms with E-state index in [0.717, 1.165) is 6.07 Å². The Balaban J connectivity index is 1.27. The number of hydrogen-bond acceptors (Lipinski definition) is 7. The van der Waals surface area contributed by atoms with Crippen LogP contribution in [0.25, 0.3) is 22.2 Å². The number of aliphatic hydroxyl groups is 1. The molecule has 0 unspecified atom stereocenters. The summed E-state index contributed by atoms with van der Waals surface area (Å²) in [5.74, 6) is -5.17. The first-order valence-electron chi connectivity index (χ1n) is 14.7. The minimum absolute atomic E-state index is 0.0252. The van der Waals surface area contributed by atoms with E-state index >= 15 is 0 Å². The molecule has 14 heteroatoms. The maximum absolute atomic E-state index is 14.7. The van der Waals surface area contributed by atoms with E-state index in [4.69, 9.17) is 26.8 Å². The third kappa shape index (κ3) is 4.75. The van der Waals surface area contributed by atoms with Gasteiger partial charge in [-0.3, -0.25) is 9.59 Å². The number of methoxy groups -OCH3 is 1. The third-order valence-corrected chi connectivity index (χ3v) is 9.49. The van der Waals surface area contributed by atoms with Crippen molar-refractivity contribution in [2.45, 2.75) is 49.4 Å². The third-order valence-electron chi connectivity index (χ3n) is 9.22. The molecular formula is C32H29ClF3N5O5. The number of benzene rings is 2. The quantitative estimate of drug-likeness (QED) is 0.224. The summed E-state index contributed by atoms with van der Waals surface area (Å²) >= 11 is 5.96. The summed E-state index contributed by atoms with van der Waals surface area (Å²) in [6.07, 6.45) is 3.46. The van der Waals surface area contributed by atoms with Gasteiger partial charge in [-0.15, -0.1) is 0 Å². The Bertz CT molecular complexity index is 1940. The van der Waals surface area contributed by atoms with Crippen molar-refractivity contribution in [1.82, 2.24) is 20.1 Å². The Kier molecular flexibility index (Phi) is 6.80. The molecule has 2 amide bonds. The lowest BCUT2D eigenvalue weighted by molar-refractivity contribution is -0.123. The van der Waals surface area contributed by atoms with Crippen molar-refractivity contribution in [2.75, 3.05) is 20.3 Å². The summed E-state index contributed by atoms with van der Waals surface area (Å²) in [6.45, 7) is 1.14. The number of nitrogens with two attached hydrogens (primary N) is 1. The van der Waals surface area contributed by atoms with Crippen LogP contribution in [-0.4, -0.2) is 51.9 Å². The molecule has 0 saturated heterocycles. The van der Waals surface area contributed by atoms with E-state index in [9.17, 15) is 27.9 Å². The van der Waals surface area contributed by atoms with Crippen LogP contribution in [0, 0.1) is 17.6 Å². The highest BCUT2D eigenvalue weighted by Gasteiger charge is 2.50. The first kappa shape index (κ1) is 30.3. The lowest BCUT2D eigenvalue weighted by Gasteiger charge is -2.30. The highest BCUT2D eigenvalue weighted by Crippen LogP contribution is 2.50. The Labute approximate surface area is 265 Å². The number of hydrogen-bond donors (Lipinski definition) is 3. The molecule has 10 nitrogen and oxygen atoms in total. The van der Waals surface area contributed by atoms with Crippen LogP contribution in [0.5, 0.6) is 11.5 Å². The zero-order chi connectivity index (χ0) is 32.8. The molecule has 4 N–H and O–H groups in total. The number of rotatable bonds is 9. The number of primary amides is 1. The molecule has 0 bridgehead atoms. The van der Waals surface area contributed by atoms with Gasteiger partial charge in [-0.2, -0.15) is 5.10 Å². The molecule has 1 aliphatic heterocycles. The van der Waals surface area contributed by atoms with Gasteiger partial charge in [0.15, 0.2) is 11.6 Å². The van der Waals surface area contributed by atoms with Gasteiger partial charge in [0.25, 0.3) is 5.91 Å². The molecule has 2 aromatic carbocycles. The fourth-order valence-electron chi connectivity index (χ4n) is 5.95. The molecule has 2 saturated carbocycles. The molecule has 2 atom stereocenters. The zero-order valence-corrected chi connectivity index (χ0v) is 25.6. The summed E-state index contributed by atoms with van der Waals surface area (Å²) in [5, 5.41) is 19.3. The van der Waals surface area contributed by atoms with E-state index in [1.165, 1.54) is 36.2 Å². The minimum atomic E-state index is -1.74. The standard InChI is InChI=1S/C32H29ClF3N5O5/c1-30(29(37)43)14-46-27-19(30)11-23(39-26(27)15-8-20(33)24(35)21(34)9-15)32(44,18-3-4-18)13-38-28(42)16-7-17-12-41(31(36)5-6-31)40-25(17)22(10-16)45-2/h7-12,18,44H,3-6,13-14H2,1-2H3,(H2,37,43)(H,38,42)/t30-,32+/m0/s1. The summed E-state index contributed by atoms with van der Waals surface area (Å²) in [5.41, 5.74) is 3.76. The number of carbonyl (C=O) groups is 2. The summed E-state index contributed by atoms with van der Waals surface area (Å²) in [4.78, 5) is 30.7. The molecule has 4 aromatic rings. The number of ether oxygens (including phenoxy) is 2. The predicted octanol–water partition coefficient (Wildman–Crippen LogP) is 4.62. The molecule has 2 fully saturated rings. The van der Waals surface area contributed by atoms with Crippen molar-refractivity contribution in [1.29, 1.82) is 0 Å². The normalized spacial score (nSPS) is 20.9. The van der Waals surface area contributed by atoms with Crippen LogP contribution < -0.4 is 20.5 Å². The predicted molar refractivity (Wildman–Crippen MR) is 160 cm³/mol. The van der Waals surface area contributed by atoms with Crippen LogP contribution in [0.1, 0.15) is 54.2 Å². The fourth-order valence-corrected chi connectivity index (χ4v) is 6.15. The summed E-state index contributed by atoms with van der Waals surface area (Å²) in [6, 6.07) is 6.63. The molecule has 2 aromatic heterocycles. The average molecular weight is 656 g/mol. The smallest absolute Gasteiger partial charge is 0.251 e. The number of halogens is 4. The van der Waals surface area contributed by atoms with Gasteiger partial charge in [0.2, 0.25) is 11.7 Å². The highest BCUT2D eigenvalue weighted by molar-refractivity contribution is 6.31. The zero-order valence-electron chi connectivity index (χ0n) is 24.8. The van der Waals surface area contributed by atoms with E-state index in [0.29, 0.717) is 42.1 Å². The van der Waals surface area contributed by atoms with Gasteiger partial charge in [0.1, 0.15) is 40.3 Å². The van der Waals surface area contributed by atoms with Gasteiger partial charge in [0.05, 0.1) is 24.4 Å². The molecule has 0 radical (unpaired) electrons. The molecule has 3 heterocycles. The van der Waals surface area contributed by atoms with Crippen LogP contribution in [0.15, 0.2) is 36.5 Å². The van der Waals surface area contributed by atoms with Crippen molar-refractivity contribution >= 4 is 34.3 Å². The Morgan fingerprint density at radius 1 is 1.24 bits per heavy atom. The number of aromatic nitrogens is 3. The lowest BCUT2D eigenvalue weighted by atomic mass is 9.81. The number of nitrogens with one attached hydrogen (secondary N) is 1. The number of carbonyl (C=O) groups excluding carboxylic acids is 2. The van der Waals surface area contributed by atoms with E-state index in [1.807, 2.05) is 0 Å². The van der Waals surface area contributed by atoms with E-state index < -0.39 is 45.3 Å². The van der Waals surface area contributed by atoms with Gasteiger partial charge in [-0.25, -0.2) is 22.8 Å². The molecule has 46 heavy (non-hydrogen) atoms. The first-order valence-corrected chi connectivity index (χ1v) is 15.1. The lowest BCUT2D eigenvalue weighted by Crippen LogP contribution is -2.44. The van der Waals surface area contributed by atoms with Crippen molar-refractivity contribution < 1.29 is 37.3 Å². The van der Waals surface area contributed by atoms with Gasteiger partial charge < -0.3 is 25.6 Å². The van der Waals surface area contributed by atoms with Gasteiger partial charge in [0, 0.05) is 41.1 Å². The number of amides is 2. The van der Waals surface area contributed by atoms with Crippen LogP contribution in [0.2, 0.25) is 5.02 Å². The molecule has 7 rings (SSSR count). The Hall–Kier alpha value is -4.36. The van der Waals surface area contributed by atoms with Gasteiger partial charge in [-0.05, 0) is 56.0 Å². The molecule has 240 valence electrons. The van der Waals surface area contributed by atoms with E-state index in [-0.39, 0.29) is 53.1 Å². The summed E-state index contributed by atoms with van der Waals surface area (Å²) < 4.78 is 55.8. The van der Waals surface area contributed by atoms with E-state index in [2.05, 4.69) is 15.4 Å². The van der Waals surface area contributed by atoms with Crippen LogP contribution in [0.3, 0.4) is 0 Å². The SMILES string of the molecule is COc1cc(C(=O)NC[C@](O)(c2cc3c(c(-c4cc(F)c(F)c(Cl)c4)n2)OC[C@]3(C)C(N)=O)C2CC2)cc2cn(C3(F)CC3)nc12. The fraction of sp³-hybridized carbons (Fsp3) is 0.375. The van der Waals surface area contributed by atoms with Crippen molar-refractivity contribution in [3.8, 4) is 22.8 Å². The maximum atomic E-state index is 14.7. The minimum Gasteiger partial charge on any atom is -0.494 e. The van der Waals surface area contributed by atoms with Crippen LogP contribution in [0.4, 0.5) is 13.2 Å². The van der Waals surface area contributed by atoms with Crippen LogP contribution in [-0.2, 0) is 21.6 Å². The van der Waals surface area contributed by atoms with Crippen molar-refractivity contribution in [3.63, 3.8) is 0 Å². The molecule has 0 spiro atoms. The Morgan fingerprint density at radius 2 is 1.98 bits per heavy atom. The number of nitrogens with zero attached hydrogens (tertiary/aromatic N) is 3. The van der Waals surface area contributed by atoms with E-state index in [1.54, 1.807) is 13.0 Å². The molecule has 3 aliphatic rings.